The van der Waals surface area contributed by atoms with Crippen LogP contribution in [-0.4, -0.2) is 31.3 Å². The summed E-state index contributed by atoms with van der Waals surface area (Å²) in [7, 11) is 0. The summed E-state index contributed by atoms with van der Waals surface area (Å²) < 4.78 is 5.41. The first-order valence-corrected chi connectivity index (χ1v) is 8.29. The molecule has 0 saturated carbocycles. The minimum Gasteiger partial charge on any atom is -0.378 e. The van der Waals surface area contributed by atoms with Gasteiger partial charge in [-0.3, -0.25) is 4.79 Å². The molecule has 4 heteroatoms. The summed E-state index contributed by atoms with van der Waals surface area (Å²) in [6.45, 7) is 5.09. The highest BCUT2D eigenvalue weighted by Crippen LogP contribution is 2.25. The van der Waals surface area contributed by atoms with Crippen molar-refractivity contribution in [3.63, 3.8) is 0 Å². The predicted molar refractivity (Wildman–Crippen MR) is 97.8 cm³/mol. The smallest absolute Gasteiger partial charge is 0.192 e. The van der Waals surface area contributed by atoms with Crippen LogP contribution in [0.1, 0.15) is 5.56 Å². The Labute approximate surface area is 140 Å². The molecule has 2 heterocycles. The van der Waals surface area contributed by atoms with Crippen molar-refractivity contribution >= 4 is 16.6 Å². The molecule has 1 N–H and O–H groups in total. The van der Waals surface area contributed by atoms with E-state index in [0.29, 0.717) is 0 Å². The molecule has 1 saturated heterocycles. The van der Waals surface area contributed by atoms with Crippen molar-refractivity contribution in [1.82, 2.24) is 4.98 Å². The quantitative estimate of drug-likeness (QED) is 0.788. The molecular formula is C20H20N2O2. The third-order valence-corrected chi connectivity index (χ3v) is 4.66. The van der Waals surface area contributed by atoms with Gasteiger partial charge in [0.2, 0.25) is 0 Å². The zero-order chi connectivity index (χ0) is 16.5. The third kappa shape index (κ3) is 2.59. The van der Waals surface area contributed by atoms with Gasteiger partial charge in [0, 0.05) is 35.2 Å². The molecule has 1 fully saturated rings. The molecule has 4 nitrogen and oxygen atoms in total. The Kier molecular flexibility index (Phi) is 3.82. The van der Waals surface area contributed by atoms with Crippen LogP contribution in [0.4, 0.5) is 5.69 Å². The van der Waals surface area contributed by atoms with Crippen LogP contribution in [0.15, 0.2) is 53.3 Å². The molecule has 0 atom stereocenters. The Balaban J connectivity index is 1.84. The Morgan fingerprint density at radius 1 is 1.04 bits per heavy atom. The van der Waals surface area contributed by atoms with Crippen LogP contribution in [0.2, 0.25) is 0 Å². The first-order valence-electron chi connectivity index (χ1n) is 8.29. The molecule has 1 aliphatic rings. The van der Waals surface area contributed by atoms with Gasteiger partial charge < -0.3 is 14.6 Å². The van der Waals surface area contributed by atoms with Crippen LogP contribution in [0.3, 0.4) is 0 Å². The molecule has 0 bridgehead atoms. The largest absolute Gasteiger partial charge is 0.378 e. The van der Waals surface area contributed by atoms with E-state index >= 15 is 0 Å². The number of fused-ring (bicyclic) bond motifs is 1. The number of aromatic nitrogens is 1. The normalized spacial score (nSPS) is 15.0. The fourth-order valence-electron chi connectivity index (χ4n) is 3.28. The molecule has 122 valence electrons. The van der Waals surface area contributed by atoms with E-state index in [1.54, 1.807) is 0 Å². The summed E-state index contributed by atoms with van der Waals surface area (Å²) in [5.74, 6) is 0. The summed E-state index contributed by atoms with van der Waals surface area (Å²) in [6.07, 6.45) is 0. The van der Waals surface area contributed by atoms with Crippen LogP contribution in [0.5, 0.6) is 0 Å². The van der Waals surface area contributed by atoms with Gasteiger partial charge in [0.05, 0.1) is 18.9 Å². The van der Waals surface area contributed by atoms with Crippen molar-refractivity contribution in [2.75, 3.05) is 31.2 Å². The van der Waals surface area contributed by atoms with E-state index in [1.807, 2.05) is 49.4 Å². The zero-order valence-electron chi connectivity index (χ0n) is 13.7. The minimum atomic E-state index is 0.0951. The van der Waals surface area contributed by atoms with Gasteiger partial charge in [0.1, 0.15) is 0 Å². The minimum absolute atomic E-state index is 0.0951. The maximum absolute atomic E-state index is 12.9. The van der Waals surface area contributed by atoms with Gasteiger partial charge in [-0.1, -0.05) is 30.3 Å². The van der Waals surface area contributed by atoms with Crippen molar-refractivity contribution in [1.29, 1.82) is 0 Å². The van der Waals surface area contributed by atoms with Gasteiger partial charge in [-0.2, -0.15) is 0 Å². The number of anilines is 1. The zero-order valence-corrected chi connectivity index (χ0v) is 13.7. The summed E-state index contributed by atoms with van der Waals surface area (Å²) in [6, 6.07) is 16.1. The number of aromatic amines is 1. The molecule has 0 spiro atoms. The number of hydrogen-bond acceptors (Lipinski definition) is 3. The van der Waals surface area contributed by atoms with Crippen LogP contribution < -0.4 is 10.3 Å². The number of rotatable bonds is 2. The SMILES string of the molecule is Cc1c(-c2ccccc2)[nH]c2ccc(N3CCOCC3)cc2c1=O. The van der Waals surface area contributed by atoms with E-state index in [1.165, 1.54) is 0 Å². The van der Waals surface area contributed by atoms with Crippen molar-refractivity contribution < 1.29 is 4.74 Å². The number of morpholine rings is 1. The molecule has 1 aromatic heterocycles. The number of H-pyrrole nitrogens is 1. The summed E-state index contributed by atoms with van der Waals surface area (Å²) in [4.78, 5) is 18.6. The Hall–Kier alpha value is -2.59. The predicted octanol–water partition coefficient (Wildman–Crippen LogP) is 3.34. The highest BCUT2D eigenvalue weighted by molar-refractivity contribution is 5.86. The van der Waals surface area contributed by atoms with E-state index in [4.69, 9.17) is 4.74 Å². The first-order chi connectivity index (χ1) is 11.7. The van der Waals surface area contributed by atoms with Crippen LogP contribution in [0.25, 0.3) is 22.2 Å². The van der Waals surface area contributed by atoms with E-state index in [9.17, 15) is 4.79 Å². The molecule has 0 unspecified atom stereocenters. The van der Waals surface area contributed by atoms with E-state index < -0.39 is 0 Å². The summed E-state index contributed by atoms with van der Waals surface area (Å²) >= 11 is 0. The summed E-state index contributed by atoms with van der Waals surface area (Å²) in [5.41, 5.74) is 4.74. The lowest BCUT2D eigenvalue weighted by atomic mass is 10.0. The lowest BCUT2D eigenvalue weighted by Crippen LogP contribution is -2.36. The number of hydrogen-bond donors (Lipinski definition) is 1. The van der Waals surface area contributed by atoms with Crippen molar-refractivity contribution in [3.05, 3.63) is 64.3 Å². The fourth-order valence-corrected chi connectivity index (χ4v) is 3.28. The summed E-state index contributed by atoms with van der Waals surface area (Å²) in [5, 5.41) is 0.746. The molecule has 0 amide bonds. The Bertz CT molecular complexity index is 926. The second-order valence-corrected chi connectivity index (χ2v) is 6.15. The standard InChI is InChI=1S/C20H20N2O2/c1-14-19(15-5-3-2-4-6-15)21-18-8-7-16(13-17(18)20(14)23)22-9-11-24-12-10-22/h2-8,13H,9-12H2,1H3,(H,21,23). The molecule has 4 rings (SSSR count). The second-order valence-electron chi connectivity index (χ2n) is 6.15. The Morgan fingerprint density at radius 3 is 2.54 bits per heavy atom. The number of pyridine rings is 1. The molecule has 2 aromatic carbocycles. The van der Waals surface area contributed by atoms with Gasteiger partial charge >= 0.3 is 0 Å². The van der Waals surface area contributed by atoms with Crippen LogP contribution >= 0.6 is 0 Å². The Morgan fingerprint density at radius 2 is 1.79 bits per heavy atom. The number of nitrogens with one attached hydrogen (secondary N) is 1. The van der Waals surface area contributed by atoms with E-state index in [0.717, 1.165) is 59.7 Å². The fraction of sp³-hybridized carbons (Fsp3) is 0.250. The van der Waals surface area contributed by atoms with Crippen molar-refractivity contribution in [3.8, 4) is 11.3 Å². The van der Waals surface area contributed by atoms with Crippen molar-refractivity contribution in [2.45, 2.75) is 6.92 Å². The first kappa shape index (κ1) is 15.0. The van der Waals surface area contributed by atoms with Gasteiger partial charge in [-0.15, -0.1) is 0 Å². The highest BCUT2D eigenvalue weighted by Gasteiger charge is 2.14. The third-order valence-electron chi connectivity index (χ3n) is 4.66. The molecule has 24 heavy (non-hydrogen) atoms. The van der Waals surface area contributed by atoms with Crippen molar-refractivity contribution in [2.24, 2.45) is 0 Å². The number of nitrogens with zero attached hydrogens (tertiary/aromatic N) is 1. The monoisotopic (exact) mass is 320 g/mol. The van der Waals surface area contributed by atoms with Gasteiger partial charge in [0.15, 0.2) is 5.43 Å². The van der Waals surface area contributed by atoms with E-state index in [2.05, 4.69) is 16.0 Å². The molecular weight excluding hydrogens is 300 g/mol. The maximum Gasteiger partial charge on any atom is 0.192 e. The van der Waals surface area contributed by atoms with Gasteiger partial charge in [-0.05, 0) is 30.7 Å². The molecule has 3 aromatic rings. The molecule has 0 aliphatic carbocycles. The highest BCUT2D eigenvalue weighted by atomic mass is 16.5. The molecule has 1 aliphatic heterocycles. The van der Waals surface area contributed by atoms with Gasteiger partial charge in [0.25, 0.3) is 0 Å². The second kappa shape index (κ2) is 6.13. The lowest BCUT2D eigenvalue weighted by Gasteiger charge is -2.29. The van der Waals surface area contributed by atoms with Crippen LogP contribution in [-0.2, 0) is 4.74 Å². The number of ether oxygens (including phenoxy) is 1. The van der Waals surface area contributed by atoms with Gasteiger partial charge in [-0.25, -0.2) is 0 Å². The number of benzene rings is 2. The lowest BCUT2D eigenvalue weighted by molar-refractivity contribution is 0.122. The average molecular weight is 320 g/mol. The average Bonchev–Trinajstić information content (AvgIpc) is 2.66. The maximum atomic E-state index is 12.9. The topological polar surface area (TPSA) is 45.3 Å². The molecule has 0 radical (unpaired) electrons. The van der Waals surface area contributed by atoms with E-state index in [-0.39, 0.29) is 5.43 Å². The van der Waals surface area contributed by atoms with Crippen LogP contribution in [0, 0.1) is 6.92 Å².